The number of rotatable bonds is 10. The van der Waals surface area contributed by atoms with E-state index >= 15 is 0 Å². The molecule has 0 spiro atoms. The van der Waals surface area contributed by atoms with Gasteiger partial charge in [-0.3, -0.25) is 4.79 Å². The van der Waals surface area contributed by atoms with E-state index in [1.54, 1.807) is 7.11 Å². The molecule has 136 valence electrons. The molecule has 1 fully saturated rings. The lowest BCUT2D eigenvalue weighted by molar-refractivity contribution is -0.131. The highest BCUT2D eigenvalue weighted by Crippen LogP contribution is 2.28. The van der Waals surface area contributed by atoms with Gasteiger partial charge in [-0.1, -0.05) is 6.42 Å². The highest BCUT2D eigenvalue weighted by molar-refractivity contribution is 5.75. The van der Waals surface area contributed by atoms with Crippen molar-refractivity contribution in [2.24, 2.45) is 17.4 Å². The average molecular weight is 331 g/mol. The van der Waals surface area contributed by atoms with Gasteiger partial charge in [0.15, 0.2) is 0 Å². The second kappa shape index (κ2) is 10.9. The van der Waals surface area contributed by atoms with Crippen LogP contribution in [-0.4, -0.2) is 62.2 Å². The number of unbranched alkanes of at least 4 members (excludes halogenated alkanes) is 2. The van der Waals surface area contributed by atoms with Gasteiger partial charge in [0.1, 0.15) is 0 Å². The summed E-state index contributed by atoms with van der Waals surface area (Å²) in [6.07, 6.45) is 2.56. The average Bonchev–Trinajstić information content (AvgIpc) is 2.54. The Morgan fingerprint density at radius 2 is 2.09 bits per heavy atom. The van der Waals surface area contributed by atoms with Gasteiger partial charge in [-0.2, -0.15) is 0 Å². The van der Waals surface area contributed by atoms with Gasteiger partial charge in [-0.15, -0.1) is 0 Å². The molecule has 0 aromatic heterocycles. The maximum absolute atomic E-state index is 11.3. The minimum Gasteiger partial charge on any atom is -0.389 e. The topological polar surface area (TPSA) is 120 Å². The number of ether oxygens (including phenoxy) is 2. The zero-order valence-corrected chi connectivity index (χ0v) is 14.4. The number of aliphatic hydroxyl groups is 1. The fourth-order valence-corrected chi connectivity index (χ4v) is 3.10. The maximum Gasteiger partial charge on any atom is 0.219 e. The molecule has 1 rings (SSSR count). The lowest BCUT2D eigenvalue weighted by Crippen LogP contribution is -2.60. The lowest BCUT2D eigenvalue weighted by atomic mass is 9.79. The van der Waals surface area contributed by atoms with E-state index in [1.807, 2.05) is 6.92 Å². The summed E-state index contributed by atoms with van der Waals surface area (Å²) in [5.74, 6) is 0.140. The van der Waals surface area contributed by atoms with E-state index in [1.165, 1.54) is 0 Å². The molecular weight excluding hydrogens is 298 g/mol. The second-order valence-corrected chi connectivity index (χ2v) is 6.17. The minimum atomic E-state index is -0.766. The molecule has 5 unspecified atom stereocenters. The summed E-state index contributed by atoms with van der Waals surface area (Å²) in [6.45, 7) is 3.56. The van der Waals surface area contributed by atoms with Crippen molar-refractivity contribution in [2.75, 3.05) is 26.8 Å². The molecule has 0 aliphatic heterocycles. The number of carbonyl (C=O) groups is 1. The third-order valence-electron chi connectivity index (χ3n) is 4.50. The largest absolute Gasteiger partial charge is 0.389 e. The Hall–Kier alpha value is -0.730. The van der Waals surface area contributed by atoms with Crippen LogP contribution < -0.4 is 16.8 Å². The zero-order chi connectivity index (χ0) is 17.2. The van der Waals surface area contributed by atoms with E-state index < -0.39 is 12.1 Å². The molecule has 1 aliphatic rings. The highest BCUT2D eigenvalue weighted by Gasteiger charge is 2.42. The van der Waals surface area contributed by atoms with E-state index in [-0.39, 0.29) is 24.0 Å². The summed E-state index contributed by atoms with van der Waals surface area (Å²) < 4.78 is 11.2. The van der Waals surface area contributed by atoms with Crippen molar-refractivity contribution >= 4 is 5.91 Å². The molecule has 1 saturated carbocycles. The quantitative estimate of drug-likeness (QED) is 0.410. The Bertz CT molecular complexity index is 341. The second-order valence-electron chi connectivity index (χ2n) is 6.17. The summed E-state index contributed by atoms with van der Waals surface area (Å²) in [6, 6.07) is -0.453. The highest BCUT2D eigenvalue weighted by atomic mass is 16.5. The van der Waals surface area contributed by atoms with Crippen LogP contribution in [0, 0.1) is 5.92 Å². The number of aliphatic hydroxyl groups excluding tert-OH is 1. The van der Waals surface area contributed by atoms with Crippen molar-refractivity contribution in [2.45, 2.75) is 63.4 Å². The van der Waals surface area contributed by atoms with Gasteiger partial charge >= 0.3 is 0 Å². The first-order chi connectivity index (χ1) is 11.0. The van der Waals surface area contributed by atoms with E-state index in [4.69, 9.17) is 20.9 Å². The van der Waals surface area contributed by atoms with Crippen molar-refractivity contribution in [1.82, 2.24) is 5.32 Å². The number of methoxy groups -OCH3 is 1. The predicted octanol–water partition coefficient (Wildman–Crippen LogP) is -0.250. The Labute approximate surface area is 139 Å². The number of hydrogen-bond acceptors (Lipinski definition) is 6. The van der Waals surface area contributed by atoms with Crippen molar-refractivity contribution in [3.63, 3.8) is 0 Å². The maximum atomic E-state index is 11.3. The van der Waals surface area contributed by atoms with Crippen LogP contribution in [0.4, 0.5) is 0 Å². The van der Waals surface area contributed by atoms with E-state index in [0.29, 0.717) is 32.5 Å². The molecule has 7 heteroatoms. The van der Waals surface area contributed by atoms with Crippen LogP contribution in [0.2, 0.25) is 0 Å². The number of nitrogens with one attached hydrogen (secondary N) is 1. The standard InChI is InChI=1S/C16H33N3O4/c1-3-19-13(20)7-5-4-6-8-23-16-11(10-17)9-12(22-2)14(18)15(16)21/h11-12,14-16,21H,3-10,17-18H2,1-2H3,(H,19,20). The van der Waals surface area contributed by atoms with Crippen LogP contribution >= 0.6 is 0 Å². The lowest BCUT2D eigenvalue weighted by Gasteiger charge is -2.42. The summed E-state index contributed by atoms with van der Waals surface area (Å²) in [4.78, 5) is 11.3. The number of hydrogen-bond donors (Lipinski definition) is 4. The first-order valence-electron chi connectivity index (χ1n) is 8.59. The van der Waals surface area contributed by atoms with Crippen molar-refractivity contribution < 1.29 is 19.4 Å². The SMILES string of the molecule is CCNC(=O)CCCCCOC1C(CN)CC(OC)C(N)C1O. The van der Waals surface area contributed by atoms with Crippen LogP contribution in [0.1, 0.15) is 39.0 Å². The first kappa shape index (κ1) is 20.3. The summed E-state index contributed by atoms with van der Waals surface area (Å²) >= 11 is 0. The van der Waals surface area contributed by atoms with Crippen LogP contribution in [-0.2, 0) is 14.3 Å². The van der Waals surface area contributed by atoms with E-state index in [0.717, 1.165) is 19.3 Å². The molecule has 0 saturated heterocycles. The smallest absolute Gasteiger partial charge is 0.219 e. The molecule has 0 aromatic rings. The fraction of sp³-hybridized carbons (Fsp3) is 0.938. The van der Waals surface area contributed by atoms with Gasteiger partial charge in [-0.25, -0.2) is 0 Å². The van der Waals surface area contributed by atoms with Crippen molar-refractivity contribution in [1.29, 1.82) is 0 Å². The van der Waals surface area contributed by atoms with E-state index in [2.05, 4.69) is 5.32 Å². The summed E-state index contributed by atoms with van der Waals surface area (Å²) in [7, 11) is 1.60. The molecule has 6 N–H and O–H groups in total. The van der Waals surface area contributed by atoms with Gasteiger partial charge in [0, 0.05) is 32.6 Å². The minimum absolute atomic E-state index is 0.0464. The Kier molecular flexibility index (Phi) is 9.66. The van der Waals surface area contributed by atoms with Gasteiger partial charge < -0.3 is 31.4 Å². The number of carbonyl (C=O) groups excluding carboxylic acids is 1. The van der Waals surface area contributed by atoms with Crippen LogP contribution in [0.15, 0.2) is 0 Å². The molecule has 1 amide bonds. The van der Waals surface area contributed by atoms with Crippen LogP contribution in [0.3, 0.4) is 0 Å². The zero-order valence-electron chi connectivity index (χ0n) is 14.4. The third-order valence-corrected chi connectivity index (χ3v) is 4.50. The Balaban J connectivity index is 2.28. The third kappa shape index (κ3) is 6.35. The predicted molar refractivity (Wildman–Crippen MR) is 88.8 cm³/mol. The monoisotopic (exact) mass is 331 g/mol. The Morgan fingerprint density at radius 1 is 1.35 bits per heavy atom. The van der Waals surface area contributed by atoms with Gasteiger partial charge in [0.2, 0.25) is 5.91 Å². The fourth-order valence-electron chi connectivity index (χ4n) is 3.10. The first-order valence-corrected chi connectivity index (χ1v) is 8.59. The molecule has 0 radical (unpaired) electrons. The summed E-state index contributed by atoms with van der Waals surface area (Å²) in [5, 5.41) is 13.1. The van der Waals surface area contributed by atoms with Crippen molar-refractivity contribution in [3.05, 3.63) is 0 Å². The van der Waals surface area contributed by atoms with Crippen molar-refractivity contribution in [3.8, 4) is 0 Å². The molecule has 23 heavy (non-hydrogen) atoms. The van der Waals surface area contributed by atoms with E-state index in [9.17, 15) is 9.90 Å². The number of nitrogens with two attached hydrogens (primary N) is 2. The van der Waals surface area contributed by atoms with Gasteiger partial charge in [-0.05, 0) is 32.7 Å². The van der Waals surface area contributed by atoms with Gasteiger partial charge in [0.05, 0.1) is 24.4 Å². The molecule has 1 aliphatic carbocycles. The number of amides is 1. The molecule has 7 nitrogen and oxygen atoms in total. The Morgan fingerprint density at radius 3 is 2.70 bits per heavy atom. The molecular formula is C16H33N3O4. The van der Waals surface area contributed by atoms with Crippen LogP contribution in [0.25, 0.3) is 0 Å². The summed E-state index contributed by atoms with van der Waals surface area (Å²) in [5.41, 5.74) is 11.8. The molecule has 0 aromatic carbocycles. The normalized spacial score (nSPS) is 31.1. The van der Waals surface area contributed by atoms with Gasteiger partial charge in [0.25, 0.3) is 0 Å². The molecule has 5 atom stereocenters. The molecule has 0 bridgehead atoms. The molecule has 0 heterocycles. The van der Waals surface area contributed by atoms with Crippen LogP contribution in [0.5, 0.6) is 0 Å².